The zero-order chi connectivity index (χ0) is 10.4. The average molecular weight is 212 g/mol. The van der Waals surface area contributed by atoms with Crippen molar-refractivity contribution < 1.29 is 0 Å². The van der Waals surface area contributed by atoms with Crippen molar-refractivity contribution in [3.63, 3.8) is 0 Å². The Labute approximate surface area is 90.8 Å². The molecule has 0 amide bonds. The third-order valence-corrected chi connectivity index (χ3v) is 3.26. The van der Waals surface area contributed by atoms with E-state index >= 15 is 0 Å². The summed E-state index contributed by atoms with van der Waals surface area (Å²) in [5.74, 6) is 0. The molecule has 0 spiro atoms. The van der Waals surface area contributed by atoms with Crippen LogP contribution in [-0.4, -0.2) is 11.0 Å². The molecular formula is C11H20N2S. The van der Waals surface area contributed by atoms with Crippen molar-refractivity contribution >= 4 is 11.3 Å². The Morgan fingerprint density at radius 3 is 2.93 bits per heavy atom. The standard InChI is InChI=1S/C11H20N2S/c1-4-6-11-13-10(8-14-11)7-12-9(3)5-2/h8-9,12H,4-7H2,1-3H3. The highest BCUT2D eigenvalue weighted by molar-refractivity contribution is 7.09. The number of aromatic nitrogens is 1. The summed E-state index contributed by atoms with van der Waals surface area (Å²) in [5, 5.41) is 6.89. The maximum absolute atomic E-state index is 4.56. The van der Waals surface area contributed by atoms with Gasteiger partial charge in [0.2, 0.25) is 0 Å². The summed E-state index contributed by atoms with van der Waals surface area (Å²) in [5.41, 5.74) is 1.19. The van der Waals surface area contributed by atoms with Crippen LogP contribution in [0.2, 0.25) is 0 Å². The van der Waals surface area contributed by atoms with Crippen LogP contribution in [0.25, 0.3) is 0 Å². The fraction of sp³-hybridized carbons (Fsp3) is 0.727. The van der Waals surface area contributed by atoms with Gasteiger partial charge in [0.1, 0.15) is 0 Å². The fourth-order valence-electron chi connectivity index (χ4n) is 1.18. The number of nitrogens with one attached hydrogen (secondary N) is 1. The van der Waals surface area contributed by atoms with E-state index in [1.165, 1.54) is 23.5 Å². The molecule has 1 aromatic rings. The molecular weight excluding hydrogens is 192 g/mol. The largest absolute Gasteiger partial charge is 0.309 e. The second kappa shape index (κ2) is 6.14. The minimum absolute atomic E-state index is 0.589. The van der Waals surface area contributed by atoms with Crippen LogP contribution in [0, 0.1) is 0 Å². The molecule has 0 radical (unpaired) electrons. The quantitative estimate of drug-likeness (QED) is 0.784. The molecule has 1 unspecified atom stereocenters. The SMILES string of the molecule is CCCc1nc(CNC(C)CC)cs1. The number of aryl methyl sites for hydroxylation is 1. The summed E-state index contributed by atoms with van der Waals surface area (Å²) < 4.78 is 0. The van der Waals surface area contributed by atoms with E-state index in [0.717, 1.165) is 13.0 Å². The highest BCUT2D eigenvalue weighted by atomic mass is 32.1. The Hall–Kier alpha value is -0.410. The van der Waals surface area contributed by atoms with Crippen LogP contribution in [0.5, 0.6) is 0 Å². The first-order chi connectivity index (χ1) is 6.76. The van der Waals surface area contributed by atoms with Crippen LogP contribution >= 0.6 is 11.3 Å². The van der Waals surface area contributed by atoms with Gasteiger partial charge < -0.3 is 5.32 Å². The van der Waals surface area contributed by atoms with Gasteiger partial charge in [-0.25, -0.2) is 4.98 Å². The molecule has 0 saturated carbocycles. The molecule has 0 aliphatic heterocycles. The van der Waals surface area contributed by atoms with Gasteiger partial charge >= 0.3 is 0 Å². The average Bonchev–Trinajstić information content (AvgIpc) is 2.63. The zero-order valence-corrected chi connectivity index (χ0v) is 10.2. The summed E-state index contributed by atoms with van der Waals surface area (Å²) in [6, 6.07) is 0.589. The molecule has 0 aliphatic rings. The van der Waals surface area contributed by atoms with Crippen molar-refractivity contribution in [3.05, 3.63) is 16.1 Å². The first-order valence-electron chi connectivity index (χ1n) is 5.42. The summed E-state index contributed by atoms with van der Waals surface area (Å²) in [4.78, 5) is 4.56. The van der Waals surface area contributed by atoms with Gasteiger partial charge in [-0.3, -0.25) is 0 Å². The Morgan fingerprint density at radius 1 is 1.50 bits per heavy atom. The fourth-order valence-corrected chi connectivity index (χ4v) is 2.08. The van der Waals surface area contributed by atoms with Gasteiger partial charge in [0.05, 0.1) is 10.7 Å². The van der Waals surface area contributed by atoms with Gasteiger partial charge in [-0.1, -0.05) is 13.8 Å². The molecule has 0 bridgehead atoms. The van der Waals surface area contributed by atoms with Crippen molar-refractivity contribution in [2.45, 2.75) is 52.6 Å². The van der Waals surface area contributed by atoms with E-state index in [1.807, 2.05) is 0 Å². The summed E-state index contributed by atoms with van der Waals surface area (Å²) in [6.45, 7) is 7.51. The lowest BCUT2D eigenvalue weighted by molar-refractivity contribution is 0.529. The first-order valence-corrected chi connectivity index (χ1v) is 6.30. The normalized spacial score (nSPS) is 13.1. The number of nitrogens with zero attached hydrogens (tertiary/aromatic N) is 1. The van der Waals surface area contributed by atoms with Crippen LogP contribution in [0.3, 0.4) is 0 Å². The van der Waals surface area contributed by atoms with E-state index in [-0.39, 0.29) is 0 Å². The molecule has 1 N–H and O–H groups in total. The van der Waals surface area contributed by atoms with Gasteiger partial charge in [-0.2, -0.15) is 0 Å². The minimum atomic E-state index is 0.589. The van der Waals surface area contributed by atoms with E-state index < -0.39 is 0 Å². The smallest absolute Gasteiger partial charge is 0.0928 e. The van der Waals surface area contributed by atoms with Crippen LogP contribution in [0.1, 0.15) is 44.3 Å². The van der Waals surface area contributed by atoms with Crippen LogP contribution < -0.4 is 5.32 Å². The monoisotopic (exact) mass is 212 g/mol. The third-order valence-electron chi connectivity index (χ3n) is 2.31. The van der Waals surface area contributed by atoms with Gasteiger partial charge in [0, 0.05) is 18.0 Å². The lowest BCUT2D eigenvalue weighted by Gasteiger charge is -2.08. The molecule has 0 saturated heterocycles. The molecule has 80 valence electrons. The topological polar surface area (TPSA) is 24.9 Å². The van der Waals surface area contributed by atoms with Crippen molar-refractivity contribution in [2.24, 2.45) is 0 Å². The maximum atomic E-state index is 4.56. The van der Waals surface area contributed by atoms with Crippen molar-refractivity contribution in [1.82, 2.24) is 10.3 Å². The Bertz CT molecular complexity index is 258. The molecule has 0 aliphatic carbocycles. The summed E-state index contributed by atoms with van der Waals surface area (Å²) >= 11 is 1.78. The summed E-state index contributed by atoms with van der Waals surface area (Å²) in [7, 11) is 0. The third kappa shape index (κ3) is 3.76. The lowest BCUT2D eigenvalue weighted by atomic mass is 10.2. The van der Waals surface area contributed by atoms with Crippen molar-refractivity contribution in [1.29, 1.82) is 0 Å². The molecule has 0 fully saturated rings. The molecule has 0 aromatic carbocycles. The molecule has 14 heavy (non-hydrogen) atoms. The predicted molar refractivity (Wildman–Crippen MR) is 62.7 cm³/mol. The van der Waals surface area contributed by atoms with Crippen LogP contribution in [-0.2, 0) is 13.0 Å². The van der Waals surface area contributed by atoms with Crippen LogP contribution in [0.4, 0.5) is 0 Å². The minimum Gasteiger partial charge on any atom is -0.309 e. The number of thiazole rings is 1. The highest BCUT2D eigenvalue weighted by Gasteiger charge is 2.02. The van der Waals surface area contributed by atoms with Gasteiger partial charge in [0.25, 0.3) is 0 Å². The van der Waals surface area contributed by atoms with Gasteiger partial charge in [0.15, 0.2) is 0 Å². The lowest BCUT2D eigenvalue weighted by Crippen LogP contribution is -2.24. The van der Waals surface area contributed by atoms with E-state index in [0.29, 0.717) is 6.04 Å². The molecule has 1 heterocycles. The molecule has 1 rings (SSSR count). The molecule has 1 aromatic heterocycles. The second-order valence-electron chi connectivity index (χ2n) is 3.67. The highest BCUT2D eigenvalue weighted by Crippen LogP contribution is 2.11. The van der Waals surface area contributed by atoms with E-state index in [9.17, 15) is 0 Å². The summed E-state index contributed by atoms with van der Waals surface area (Å²) in [6.07, 6.45) is 3.48. The van der Waals surface area contributed by atoms with Crippen molar-refractivity contribution in [3.8, 4) is 0 Å². The molecule has 2 nitrogen and oxygen atoms in total. The first kappa shape index (κ1) is 11.7. The Morgan fingerprint density at radius 2 is 2.29 bits per heavy atom. The molecule has 3 heteroatoms. The van der Waals surface area contributed by atoms with Crippen molar-refractivity contribution in [2.75, 3.05) is 0 Å². The van der Waals surface area contributed by atoms with Gasteiger partial charge in [-0.15, -0.1) is 11.3 Å². The molecule has 1 atom stereocenters. The maximum Gasteiger partial charge on any atom is 0.0928 e. The number of hydrogen-bond donors (Lipinski definition) is 1. The number of hydrogen-bond acceptors (Lipinski definition) is 3. The second-order valence-corrected chi connectivity index (χ2v) is 4.62. The zero-order valence-electron chi connectivity index (χ0n) is 9.34. The van der Waals surface area contributed by atoms with E-state index in [1.54, 1.807) is 11.3 Å². The Kier molecular flexibility index (Phi) is 5.12. The van der Waals surface area contributed by atoms with Gasteiger partial charge in [-0.05, 0) is 26.2 Å². The predicted octanol–water partition coefficient (Wildman–Crippen LogP) is 2.98. The number of rotatable bonds is 6. The van der Waals surface area contributed by atoms with Crippen LogP contribution in [0.15, 0.2) is 5.38 Å². The van der Waals surface area contributed by atoms with E-state index in [2.05, 4.69) is 36.5 Å². The Balaban J connectivity index is 2.35. The van der Waals surface area contributed by atoms with E-state index in [4.69, 9.17) is 0 Å².